The molecule has 6 heteroatoms. The van der Waals surface area contributed by atoms with Gasteiger partial charge in [0.05, 0.1) is 11.0 Å². The van der Waals surface area contributed by atoms with Gasteiger partial charge in [-0.25, -0.2) is 8.42 Å². The van der Waals surface area contributed by atoms with Crippen molar-refractivity contribution >= 4 is 21.4 Å². The first kappa shape index (κ1) is 19.5. The lowest BCUT2D eigenvalue weighted by molar-refractivity contribution is 0.242. The Labute approximate surface area is 162 Å². The Morgan fingerprint density at radius 1 is 0.889 bits per heavy atom. The number of rotatable bonds is 6. The Kier molecular flexibility index (Phi) is 6.26. The average Bonchev–Trinajstić information content (AvgIpc) is 2.91. The molecule has 27 heavy (non-hydrogen) atoms. The molecule has 1 fully saturated rings. The number of sulfonamides is 1. The van der Waals surface area contributed by atoms with Gasteiger partial charge in [-0.15, -0.1) is 0 Å². The fourth-order valence-corrected chi connectivity index (χ4v) is 4.31. The summed E-state index contributed by atoms with van der Waals surface area (Å²) < 4.78 is 33.4. The summed E-state index contributed by atoms with van der Waals surface area (Å²) in [5.74, 6) is 0.658. The van der Waals surface area contributed by atoms with Gasteiger partial charge >= 0.3 is 0 Å². The van der Waals surface area contributed by atoms with Crippen LogP contribution in [-0.4, -0.2) is 27.6 Å². The van der Waals surface area contributed by atoms with Gasteiger partial charge in [0.1, 0.15) is 5.75 Å². The lowest BCUT2D eigenvalue weighted by Gasteiger charge is -2.22. The van der Waals surface area contributed by atoms with Gasteiger partial charge in [0.15, 0.2) is 0 Å². The third kappa shape index (κ3) is 5.39. The molecule has 5 nitrogen and oxygen atoms in total. The van der Waals surface area contributed by atoms with E-state index < -0.39 is 10.0 Å². The maximum absolute atomic E-state index is 12.6. The highest BCUT2D eigenvalue weighted by molar-refractivity contribution is 7.92. The van der Waals surface area contributed by atoms with Crippen molar-refractivity contribution in [2.45, 2.75) is 50.5 Å². The van der Waals surface area contributed by atoms with Gasteiger partial charge in [0.2, 0.25) is 0 Å². The van der Waals surface area contributed by atoms with Crippen molar-refractivity contribution in [2.75, 3.05) is 22.7 Å². The summed E-state index contributed by atoms with van der Waals surface area (Å²) in [6.45, 7) is 5.99. The van der Waals surface area contributed by atoms with Crippen LogP contribution < -0.4 is 14.4 Å². The van der Waals surface area contributed by atoms with Crippen LogP contribution in [-0.2, 0) is 10.0 Å². The highest BCUT2D eigenvalue weighted by Crippen LogP contribution is 2.24. The maximum Gasteiger partial charge on any atom is 0.261 e. The summed E-state index contributed by atoms with van der Waals surface area (Å²) in [6, 6.07) is 14.1. The summed E-state index contributed by atoms with van der Waals surface area (Å²) in [6.07, 6.45) is 5.05. The topological polar surface area (TPSA) is 58.6 Å². The van der Waals surface area contributed by atoms with Crippen LogP contribution in [0.1, 0.15) is 39.5 Å². The lowest BCUT2D eigenvalue weighted by atomic mass is 10.2. The molecule has 0 radical (unpaired) electrons. The zero-order valence-electron chi connectivity index (χ0n) is 16.0. The summed E-state index contributed by atoms with van der Waals surface area (Å²) in [4.78, 5) is 2.59. The highest BCUT2D eigenvalue weighted by Gasteiger charge is 2.15. The van der Waals surface area contributed by atoms with Crippen molar-refractivity contribution < 1.29 is 13.2 Å². The molecule has 1 saturated heterocycles. The third-order valence-corrected chi connectivity index (χ3v) is 5.99. The van der Waals surface area contributed by atoms with Crippen molar-refractivity contribution in [1.82, 2.24) is 0 Å². The Morgan fingerprint density at radius 3 is 2.04 bits per heavy atom. The number of nitrogens with zero attached hydrogens (tertiary/aromatic N) is 1. The Bertz CT molecular complexity index is 823. The summed E-state index contributed by atoms with van der Waals surface area (Å²) in [7, 11) is -3.62. The standard InChI is InChI=1S/C21H28N2O3S/c1-17(2)26-20-11-13-21(14-12-20)27(24,25)22-18-7-9-19(10-8-18)23-15-5-3-4-6-16-23/h7-14,17,22H,3-6,15-16H2,1-2H3. The van der Waals surface area contributed by atoms with Crippen molar-refractivity contribution in [2.24, 2.45) is 0 Å². The largest absolute Gasteiger partial charge is 0.491 e. The molecule has 0 unspecified atom stereocenters. The SMILES string of the molecule is CC(C)Oc1ccc(S(=O)(=O)Nc2ccc(N3CCCCCC3)cc2)cc1. The van der Waals surface area contributed by atoms with E-state index in [0.717, 1.165) is 18.8 Å². The normalized spacial score (nSPS) is 15.4. The van der Waals surface area contributed by atoms with Crippen molar-refractivity contribution in [3.05, 3.63) is 48.5 Å². The van der Waals surface area contributed by atoms with Crippen LogP contribution in [0.4, 0.5) is 11.4 Å². The molecule has 1 aliphatic rings. The van der Waals surface area contributed by atoms with E-state index in [2.05, 4.69) is 9.62 Å². The van der Waals surface area contributed by atoms with Gasteiger partial charge in [-0.05, 0) is 75.2 Å². The minimum atomic E-state index is -3.62. The molecule has 146 valence electrons. The highest BCUT2D eigenvalue weighted by atomic mass is 32.2. The second-order valence-corrected chi connectivity index (χ2v) is 8.87. The monoisotopic (exact) mass is 388 g/mol. The lowest BCUT2D eigenvalue weighted by Crippen LogP contribution is -2.23. The number of ether oxygens (including phenoxy) is 1. The fourth-order valence-electron chi connectivity index (χ4n) is 3.25. The Balaban J connectivity index is 1.68. The predicted octanol–water partition coefficient (Wildman–Crippen LogP) is 4.66. The first-order valence-electron chi connectivity index (χ1n) is 9.58. The molecule has 3 rings (SSSR count). The van der Waals surface area contributed by atoms with Gasteiger partial charge in [-0.3, -0.25) is 4.72 Å². The molecule has 0 aliphatic carbocycles. The van der Waals surface area contributed by atoms with Crippen LogP contribution in [0.15, 0.2) is 53.4 Å². The fraction of sp³-hybridized carbons (Fsp3) is 0.429. The molecular weight excluding hydrogens is 360 g/mol. The Morgan fingerprint density at radius 2 is 1.48 bits per heavy atom. The van der Waals surface area contributed by atoms with Gasteiger partial charge < -0.3 is 9.64 Å². The summed E-state index contributed by atoms with van der Waals surface area (Å²) in [5.41, 5.74) is 1.71. The van der Waals surface area contributed by atoms with Crippen LogP contribution in [0, 0.1) is 0 Å². The minimum absolute atomic E-state index is 0.0493. The third-order valence-electron chi connectivity index (χ3n) is 4.60. The van der Waals surface area contributed by atoms with Crippen molar-refractivity contribution in [3.63, 3.8) is 0 Å². The number of hydrogen-bond donors (Lipinski definition) is 1. The van der Waals surface area contributed by atoms with E-state index in [4.69, 9.17) is 4.74 Å². The minimum Gasteiger partial charge on any atom is -0.491 e. The van der Waals surface area contributed by atoms with Gasteiger partial charge in [-0.2, -0.15) is 0 Å². The summed E-state index contributed by atoms with van der Waals surface area (Å²) >= 11 is 0. The molecule has 0 spiro atoms. The quantitative estimate of drug-likeness (QED) is 0.782. The van der Waals surface area contributed by atoms with E-state index in [1.165, 1.54) is 25.7 Å². The molecule has 0 saturated carbocycles. The van der Waals surface area contributed by atoms with E-state index in [1.807, 2.05) is 38.1 Å². The van der Waals surface area contributed by atoms with E-state index in [-0.39, 0.29) is 11.0 Å². The van der Waals surface area contributed by atoms with Crippen LogP contribution >= 0.6 is 0 Å². The van der Waals surface area contributed by atoms with Crippen molar-refractivity contribution in [3.8, 4) is 5.75 Å². The van der Waals surface area contributed by atoms with Crippen LogP contribution in [0.25, 0.3) is 0 Å². The predicted molar refractivity (Wildman–Crippen MR) is 110 cm³/mol. The van der Waals surface area contributed by atoms with Crippen molar-refractivity contribution in [1.29, 1.82) is 0 Å². The van der Waals surface area contributed by atoms with Crippen LogP contribution in [0.5, 0.6) is 5.75 Å². The van der Waals surface area contributed by atoms with E-state index in [1.54, 1.807) is 24.3 Å². The zero-order chi connectivity index (χ0) is 19.3. The smallest absolute Gasteiger partial charge is 0.261 e. The molecule has 1 aliphatic heterocycles. The number of benzene rings is 2. The van der Waals surface area contributed by atoms with Gasteiger partial charge in [0.25, 0.3) is 10.0 Å². The number of hydrogen-bond acceptors (Lipinski definition) is 4. The Hall–Kier alpha value is -2.21. The number of anilines is 2. The molecule has 0 amide bonds. The average molecular weight is 389 g/mol. The van der Waals surface area contributed by atoms with E-state index in [0.29, 0.717) is 11.4 Å². The molecule has 0 atom stereocenters. The van der Waals surface area contributed by atoms with Crippen LogP contribution in [0.3, 0.4) is 0 Å². The molecule has 1 N–H and O–H groups in total. The zero-order valence-corrected chi connectivity index (χ0v) is 16.8. The first-order chi connectivity index (χ1) is 12.9. The van der Waals surface area contributed by atoms with Gasteiger partial charge in [0, 0.05) is 24.5 Å². The molecule has 2 aromatic carbocycles. The molecule has 1 heterocycles. The molecule has 0 bridgehead atoms. The molecule has 0 aromatic heterocycles. The summed E-state index contributed by atoms with van der Waals surface area (Å²) in [5, 5.41) is 0. The van der Waals surface area contributed by atoms with E-state index in [9.17, 15) is 8.42 Å². The second kappa shape index (κ2) is 8.65. The molecular formula is C21H28N2O3S. The van der Waals surface area contributed by atoms with Crippen LogP contribution in [0.2, 0.25) is 0 Å². The molecule has 2 aromatic rings. The first-order valence-corrected chi connectivity index (χ1v) is 11.1. The van der Waals surface area contributed by atoms with E-state index >= 15 is 0 Å². The maximum atomic E-state index is 12.6. The second-order valence-electron chi connectivity index (χ2n) is 7.19. The van der Waals surface area contributed by atoms with Gasteiger partial charge in [-0.1, -0.05) is 12.8 Å². The number of nitrogens with one attached hydrogen (secondary N) is 1.